The van der Waals surface area contributed by atoms with Crippen LogP contribution in [0.1, 0.15) is 62.5 Å². The summed E-state index contributed by atoms with van der Waals surface area (Å²) in [6.07, 6.45) is 11.8. The Morgan fingerprint density at radius 3 is 2.64 bits per heavy atom. The van der Waals surface area contributed by atoms with Crippen LogP contribution >= 0.6 is 24.0 Å². The van der Waals surface area contributed by atoms with Crippen molar-refractivity contribution in [3.8, 4) is 0 Å². The average Bonchev–Trinajstić information content (AvgIpc) is 2.62. The molecule has 1 aromatic rings. The maximum absolute atomic E-state index is 9.42. The summed E-state index contributed by atoms with van der Waals surface area (Å²) in [5.41, 5.74) is 10.3. The molecule has 0 unspecified atom stereocenters. The fourth-order valence-electron chi connectivity index (χ4n) is 4.35. The lowest BCUT2D eigenvalue weighted by Crippen LogP contribution is -2.32. The number of fused-ring (bicyclic) bond motifs is 1. The molecular weight excluding hydrogens is 425 g/mol. The molecule has 0 heterocycles. The van der Waals surface area contributed by atoms with Gasteiger partial charge in [-0.3, -0.25) is 4.99 Å². The van der Waals surface area contributed by atoms with E-state index in [1.54, 1.807) is 0 Å². The van der Waals surface area contributed by atoms with E-state index in [9.17, 15) is 5.11 Å². The average molecular weight is 457 g/mol. The number of aliphatic hydroxyl groups is 1. The number of halogens is 1. The third-order valence-electron chi connectivity index (χ3n) is 5.80. The highest BCUT2D eigenvalue weighted by atomic mass is 127. The van der Waals surface area contributed by atoms with Crippen LogP contribution in [0, 0.1) is 5.41 Å². The SMILES string of the molecule is I.NC(=NCC1(CCO)CCCCC1)Nc1cccc2c1CCCC2. The number of nitrogens with zero attached hydrogens (tertiary/aromatic N) is 1. The molecule has 1 fully saturated rings. The van der Waals surface area contributed by atoms with Crippen molar-refractivity contribution in [1.82, 2.24) is 0 Å². The van der Waals surface area contributed by atoms with Crippen LogP contribution in [0.4, 0.5) is 5.69 Å². The van der Waals surface area contributed by atoms with Crippen molar-refractivity contribution in [1.29, 1.82) is 0 Å². The van der Waals surface area contributed by atoms with Crippen LogP contribution in [0.3, 0.4) is 0 Å². The minimum Gasteiger partial charge on any atom is -0.396 e. The van der Waals surface area contributed by atoms with Crippen LogP contribution in [-0.2, 0) is 12.8 Å². The summed E-state index contributed by atoms with van der Waals surface area (Å²) < 4.78 is 0. The predicted molar refractivity (Wildman–Crippen MR) is 116 cm³/mol. The van der Waals surface area contributed by atoms with E-state index >= 15 is 0 Å². The van der Waals surface area contributed by atoms with Gasteiger partial charge < -0.3 is 16.2 Å². The highest BCUT2D eigenvalue weighted by molar-refractivity contribution is 14.0. The smallest absolute Gasteiger partial charge is 0.193 e. The standard InChI is InChI=1S/C20H31N3O.HI/c21-19(22-15-20(13-14-24)11-4-1-5-12-20)23-18-10-6-8-16-7-2-3-9-17(16)18;/h6,8,10,24H,1-5,7,9,11-15H2,(H3,21,22,23);1H. The molecule has 0 aliphatic heterocycles. The number of benzene rings is 1. The topological polar surface area (TPSA) is 70.6 Å². The molecule has 0 atom stereocenters. The van der Waals surface area contributed by atoms with Gasteiger partial charge in [0.1, 0.15) is 0 Å². The second-order valence-corrected chi connectivity index (χ2v) is 7.51. The minimum atomic E-state index is 0. The molecule has 0 aromatic heterocycles. The summed E-state index contributed by atoms with van der Waals surface area (Å²) in [4.78, 5) is 4.66. The van der Waals surface area contributed by atoms with Crippen molar-refractivity contribution in [3.63, 3.8) is 0 Å². The lowest BCUT2D eigenvalue weighted by atomic mass is 9.72. The second kappa shape index (κ2) is 9.76. The van der Waals surface area contributed by atoms with Crippen molar-refractivity contribution in [2.45, 2.75) is 64.2 Å². The zero-order valence-electron chi connectivity index (χ0n) is 15.1. The van der Waals surface area contributed by atoms with Gasteiger partial charge in [-0.2, -0.15) is 0 Å². The van der Waals surface area contributed by atoms with Gasteiger partial charge in [-0.1, -0.05) is 31.4 Å². The number of guanidine groups is 1. The summed E-state index contributed by atoms with van der Waals surface area (Å²) >= 11 is 0. The van der Waals surface area contributed by atoms with Gasteiger partial charge in [-0.25, -0.2) is 0 Å². The van der Waals surface area contributed by atoms with E-state index in [4.69, 9.17) is 5.73 Å². The summed E-state index contributed by atoms with van der Waals surface area (Å²) in [5, 5.41) is 12.8. The Morgan fingerprint density at radius 1 is 1.12 bits per heavy atom. The van der Waals surface area contributed by atoms with E-state index in [0.29, 0.717) is 5.96 Å². The van der Waals surface area contributed by atoms with Crippen LogP contribution in [0.5, 0.6) is 0 Å². The first-order valence-electron chi connectivity index (χ1n) is 9.51. The van der Waals surface area contributed by atoms with E-state index in [1.807, 2.05) is 0 Å². The van der Waals surface area contributed by atoms with Gasteiger partial charge in [0.05, 0.1) is 0 Å². The predicted octanol–water partition coefficient (Wildman–Crippen LogP) is 4.24. The first kappa shape index (κ1) is 20.5. The number of hydrogen-bond donors (Lipinski definition) is 3. The Hall–Kier alpha value is -0.820. The Balaban J connectivity index is 0.00000225. The Labute approximate surface area is 168 Å². The van der Waals surface area contributed by atoms with Crippen LogP contribution in [0.25, 0.3) is 0 Å². The molecule has 1 saturated carbocycles. The zero-order valence-corrected chi connectivity index (χ0v) is 17.4. The number of aliphatic imine (C=N–C) groups is 1. The molecule has 0 saturated heterocycles. The van der Waals surface area contributed by atoms with Crippen LogP contribution in [0.15, 0.2) is 23.2 Å². The van der Waals surface area contributed by atoms with E-state index in [0.717, 1.165) is 37.9 Å². The van der Waals surface area contributed by atoms with Crippen LogP contribution < -0.4 is 11.1 Å². The molecule has 2 aliphatic rings. The van der Waals surface area contributed by atoms with Gasteiger partial charge in [0.15, 0.2) is 5.96 Å². The highest BCUT2D eigenvalue weighted by Gasteiger charge is 2.31. The van der Waals surface area contributed by atoms with Gasteiger partial charge in [-0.05, 0) is 67.6 Å². The molecule has 0 bridgehead atoms. The summed E-state index contributed by atoms with van der Waals surface area (Å²) in [6.45, 7) is 0.969. The molecule has 4 N–H and O–H groups in total. The number of rotatable bonds is 5. The third-order valence-corrected chi connectivity index (χ3v) is 5.80. The molecule has 2 aliphatic carbocycles. The quantitative estimate of drug-likeness (QED) is 0.352. The number of aryl methyl sites for hydroxylation is 1. The summed E-state index contributed by atoms with van der Waals surface area (Å²) in [6, 6.07) is 6.44. The molecular formula is C20H32IN3O. The van der Waals surface area contributed by atoms with Crippen LogP contribution in [0.2, 0.25) is 0 Å². The molecule has 140 valence electrons. The number of nitrogens with one attached hydrogen (secondary N) is 1. The third kappa shape index (κ3) is 5.33. The Morgan fingerprint density at radius 2 is 1.88 bits per heavy atom. The van der Waals surface area contributed by atoms with Gasteiger partial charge in [0.2, 0.25) is 0 Å². The van der Waals surface area contributed by atoms with Crippen LogP contribution in [-0.4, -0.2) is 24.2 Å². The van der Waals surface area contributed by atoms with Gasteiger partial charge >= 0.3 is 0 Å². The maximum Gasteiger partial charge on any atom is 0.193 e. The molecule has 4 nitrogen and oxygen atoms in total. The second-order valence-electron chi connectivity index (χ2n) is 7.51. The van der Waals surface area contributed by atoms with Crippen molar-refractivity contribution in [2.24, 2.45) is 16.1 Å². The maximum atomic E-state index is 9.42. The number of anilines is 1. The van der Waals surface area contributed by atoms with Crippen molar-refractivity contribution < 1.29 is 5.11 Å². The molecule has 25 heavy (non-hydrogen) atoms. The lowest BCUT2D eigenvalue weighted by molar-refractivity contribution is 0.137. The van der Waals surface area contributed by atoms with Crippen molar-refractivity contribution in [3.05, 3.63) is 29.3 Å². The fraction of sp³-hybridized carbons (Fsp3) is 0.650. The molecule has 0 radical (unpaired) electrons. The zero-order chi connectivity index (χ0) is 16.8. The molecule has 0 amide bonds. The number of nitrogens with two attached hydrogens (primary N) is 1. The molecule has 5 heteroatoms. The van der Waals surface area contributed by atoms with Crippen molar-refractivity contribution in [2.75, 3.05) is 18.5 Å². The van der Waals surface area contributed by atoms with E-state index in [-0.39, 0.29) is 36.0 Å². The van der Waals surface area contributed by atoms with E-state index in [1.165, 1.54) is 49.7 Å². The Kier molecular flexibility index (Phi) is 8.00. The first-order chi connectivity index (χ1) is 11.7. The normalized spacial score (nSPS) is 19.6. The van der Waals surface area contributed by atoms with Gasteiger partial charge in [-0.15, -0.1) is 24.0 Å². The Bertz CT molecular complexity index is 577. The minimum absolute atomic E-state index is 0. The largest absolute Gasteiger partial charge is 0.396 e. The molecule has 0 spiro atoms. The van der Waals surface area contributed by atoms with E-state index in [2.05, 4.69) is 28.5 Å². The van der Waals surface area contributed by atoms with E-state index < -0.39 is 0 Å². The van der Waals surface area contributed by atoms with Gasteiger partial charge in [0, 0.05) is 18.8 Å². The molecule has 3 rings (SSSR count). The molecule has 1 aromatic carbocycles. The van der Waals surface area contributed by atoms with Crippen molar-refractivity contribution >= 4 is 35.6 Å². The fourth-order valence-corrected chi connectivity index (χ4v) is 4.35. The monoisotopic (exact) mass is 457 g/mol. The number of aliphatic hydroxyl groups excluding tert-OH is 1. The summed E-state index contributed by atoms with van der Waals surface area (Å²) in [7, 11) is 0. The van der Waals surface area contributed by atoms with Gasteiger partial charge in [0.25, 0.3) is 0 Å². The highest BCUT2D eigenvalue weighted by Crippen LogP contribution is 2.39. The first-order valence-corrected chi connectivity index (χ1v) is 9.51. The summed E-state index contributed by atoms with van der Waals surface area (Å²) in [5.74, 6) is 0.511. The number of hydrogen-bond acceptors (Lipinski definition) is 2. The lowest BCUT2D eigenvalue weighted by Gasteiger charge is -2.35.